The molecule has 1 heterocycles. The smallest absolute Gasteiger partial charge is 0.194 e. The van der Waals surface area contributed by atoms with Crippen molar-refractivity contribution in [1.82, 2.24) is 19.8 Å². The highest BCUT2D eigenvalue weighted by Gasteiger charge is 2.09. The van der Waals surface area contributed by atoms with Gasteiger partial charge in [-0.2, -0.15) is 0 Å². The SMILES string of the molecule is CCNC(=NCc1nccn1Cc1ccccc1)N(C)Cc1ccc(OC)cc1.I. The molecule has 3 rings (SSSR count). The van der Waals surface area contributed by atoms with Crippen LogP contribution in [0, 0.1) is 0 Å². The fourth-order valence-corrected chi connectivity index (χ4v) is 3.11. The highest BCUT2D eigenvalue weighted by Crippen LogP contribution is 2.13. The summed E-state index contributed by atoms with van der Waals surface area (Å²) in [4.78, 5) is 11.4. The molecule has 0 aliphatic heterocycles. The van der Waals surface area contributed by atoms with Crippen LogP contribution in [0.4, 0.5) is 0 Å². The van der Waals surface area contributed by atoms with Crippen LogP contribution in [0.1, 0.15) is 23.9 Å². The Balaban J connectivity index is 0.00000320. The third-order valence-corrected chi connectivity index (χ3v) is 4.64. The molecule has 0 radical (unpaired) electrons. The lowest BCUT2D eigenvalue weighted by atomic mass is 10.2. The van der Waals surface area contributed by atoms with Crippen LogP contribution in [0.15, 0.2) is 72.0 Å². The van der Waals surface area contributed by atoms with E-state index in [1.807, 2.05) is 37.6 Å². The number of methoxy groups -OCH3 is 1. The Labute approximate surface area is 196 Å². The van der Waals surface area contributed by atoms with Crippen LogP contribution in [-0.4, -0.2) is 41.1 Å². The minimum atomic E-state index is 0. The van der Waals surface area contributed by atoms with Crippen molar-refractivity contribution < 1.29 is 4.74 Å². The normalized spacial score (nSPS) is 11.0. The number of hydrogen-bond donors (Lipinski definition) is 1. The molecular weight excluding hydrogens is 489 g/mol. The van der Waals surface area contributed by atoms with Crippen molar-refractivity contribution in [3.05, 3.63) is 83.9 Å². The second-order valence-corrected chi connectivity index (χ2v) is 6.83. The summed E-state index contributed by atoms with van der Waals surface area (Å²) < 4.78 is 7.38. The van der Waals surface area contributed by atoms with Gasteiger partial charge >= 0.3 is 0 Å². The molecule has 0 fully saturated rings. The van der Waals surface area contributed by atoms with Gasteiger partial charge in [0, 0.05) is 39.1 Å². The molecular formula is C23H30IN5O. The topological polar surface area (TPSA) is 54.7 Å². The zero-order valence-corrected chi connectivity index (χ0v) is 20.1. The number of nitrogens with zero attached hydrogens (tertiary/aromatic N) is 4. The predicted molar refractivity (Wildman–Crippen MR) is 132 cm³/mol. The Bertz CT molecular complexity index is 909. The Morgan fingerprint density at radius 3 is 2.50 bits per heavy atom. The average molecular weight is 519 g/mol. The molecule has 0 saturated heterocycles. The largest absolute Gasteiger partial charge is 0.497 e. The molecule has 0 aliphatic carbocycles. The Morgan fingerprint density at radius 2 is 1.83 bits per heavy atom. The van der Waals surface area contributed by atoms with E-state index in [4.69, 9.17) is 9.73 Å². The number of benzene rings is 2. The number of aliphatic imine (C=N–C) groups is 1. The number of nitrogens with one attached hydrogen (secondary N) is 1. The summed E-state index contributed by atoms with van der Waals surface area (Å²) in [5.41, 5.74) is 2.45. The fourth-order valence-electron chi connectivity index (χ4n) is 3.11. The quantitative estimate of drug-likeness (QED) is 0.276. The first-order chi connectivity index (χ1) is 14.2. The Morgan fingerprint density at radius 1 is 1.10 bits per heavy atom. The molecule has 160 valence electrons. The van der Waals surface area contributed by atoms with Gasteiger partial charge in [0.25, 0.3) is 0 Å². The third-order valence-electron chi connectivity index (χ3n) is 4.64. The van der Waals surface area contributed by atoms with Gasteiger partial charge in [0.1, 0.15) is 18.1 Å². The lowest BCUT2D eigenvalue weighted by molar-refractivity contribution is 0.414. The minimum Gasteiger partial charge on any atom is -0.497 e. The first kappa shape index (κ1) is 23.7. The second kappa shape index (κ2) is 12.2. The summed E-state index contributed by atoms with van der Waals surface area (Å²) in [5, 5.41) is 3.37. The van der Waals surface area contributed by atoms with Crippen LogP contribution in [0.5, 0.6) is 5.75 Å². The van der Waals surface area contributed by atoms with Crippen molar-refractivity contribution in [3.8, 4) is 5.75 Å². The van der Waals surface area contributed by atoms with Crippen molar-refractivity contribution in [3.63, 3.8) is 0 Å². The Kier molecular flexibility index (Phi) is 9.66. The maximum Gasteiger partial charge on any atom is 0.194 e. The van der Waals surface area contributed by atoms with Crippen LogP contribution in [0.25, 0.3) is 0 Å². The number of guanidine groups is 1. The van der Waals surface area contributed by atoms with Gasteiger partial charge in [-0.3, -0.25) is 0 Å². The molecule has 0 aliphatic rings. The zero-order valence-electron chi connectivity index (χ0n) is 17.8. The van der Waals surface area contributed by atoms with E-state index in [0.29, 0.717) is 6.54 Å². The summed E-state index contributed by atoms with van der Waals surface area (Å²) in [7, 11) is 3.72. The van der Waals surface area contributed by atoms with Crippen molar-refractivity contribution in [2.24, 2.45) is 4.99 Å². The van der Waals surface area contributed by atoms with Gasteiger partial charge in [-0.1, -0.05) is 42.5 Å². The molecule has 0 unspecified atom stereocenters. The van der Waals surface area contributed by atoms with Crippen molar-refractivity contribution in [2.45, 2.75) is 26.6 Å². The van der Waals surface area contributed by atoms with E-state index < -0.39 is 0 Å². The highest BCUT2D eigenvalue weighted by molar-refractivity contribution is 14.0. The molecule has 3 aromatic rings. The van der Waals surface area contributed by atoms with Gasteiger partial charge < -0.3 is 19.5 Å². The van der Waals surface area contributed by atoms with Gasteiger partial charge in [0.15, 0.2) is 5.96 Å². The van der Waals surface area contributed by atoms with Crippen LogP contribution in [0.3, 0.4) is 0 Å². The number of rotatable bonds is 8. The molecule has 1 aromatic heterocycles. The number of imidazole rings is 1. The molecule has 0 saturated carbocycles. The van der Waals surface area contributed by atoms with Crippen molar-refractivity contribution >= 4 is 29.9 Å². The van der Waals surface area contributed by atoms with E-state index in [0.717, 1.165) is 37.2 Å². The summed E-state index contributed by atoms with van der Waals surface area (Å²) in [6, 6.07) is 18.5. The van der Waals surface area contributed by atoms with E-state index in [-0.39, 0.29) is 24.0 Å². The fraction of sp³-hybridized carbons (Fsp3) is 0.304. The maximum atomic E-state index is 5.23. The molecule has 1 N–H and O–H groups in total. The van der Waals surface area contributed by atoms with Crippen LogP contribution >= 0.6 is 24.0 Å². The summed E-state index contributed by atoms with van der Waals surface area (Å²) >= 11 is 0. The first-order valence-electron chi connectivity index (χ1n) is 9.86. The maximum absolute atomic E-state index is 5.23. The summed E-state index contributed by atoms with van der Waals surface area (Å²) in [6.07, 6.45) is 3.84. The molecule has 0 spiro atoms. The highest BCUT2D eigenvalue weighted by atomic mass is 127. The average Bonchev–Trinajstić information content (AvgIpc) is 3.19. The molecule has 0 bridgehead atoms. The minimum absolute atomic E-state index is 0. The number of halogens is 1. The Hall–Kier alpha value is -2.55. The van der Waals surface area contributed by atoms with E-state index in [9.17, 15) is 0 Å². The van der Waals surface area contributed by atoms with E-state index >= 15 is 0 Å². The van der Waals surface area contributed by atoms with Gasteiger partial charge in [-0.25, -0.2) is 9.98 Å². The summed E-state index contributed by atoms with van der Waals surface area (Å²) in [5.74, 6) is 2.67. The van der Waals surface area contributed by atoms with E-state index in [1.165, 1.54) is 11.1 Å². The van der Waals surface area contributed by atoms with Gasteiger partial charge in [-0.05, 0) is 30.2 Å². The van der Waals surface area contributed by atoms with Crippen LogP contribution in [0.2, 0.25) is 0 Å². The standard InChI is InChI=1S/C23H29N5O.HI/c1-4-24-23(27(2)17-20-10-12-21(29-3)13-11-20)26-16-22-25-14-15-28(22)18-19-8-6-5-7-9-19;/h5-15H,4,16-18H2,1-3H3,(H,24,26);1H. The molecule has 7 heteroatoms. The molecule has 2 aromatic carbocycles. The first-order valence-corrected chi connectivity index (χ1v) is 9.86. The van der Waals surface area contributed by atoms with Gasteiger partial charge in [0.05, 0.1) is 7.11 Å². The van der Waals surface area contributed by atoms with E-state index in [1.54, 1.807) is 7.11 Å². The number of ether oxygens (including phenoxy) is 1. The van der Waals surface area contributed by atoms with Crippen LogP contribution in [-0.2, 0) is 19.6 Å². The van der Waals surface area contributed by atoms with Crippen molar-refractivity contribution in [2.75, 3.05) is 20.7 Å². The van der Waals surface area contributed by atoms with E-state index in [2.05, 4.69) is 63.1 Å². The second-order valence-electron chi connectivity index (χ2n) is 6.83. The predicted octanol–water partition coefficient (Wildman–Crippen LogP) is 4.16. The molecule has 0 amide bonds. The lowest BCUT2D eigenvalue weighted by Gasteiger charge is -2.22. The van der Waals surface area contributed by atoms with Gasteiger partial charge in [0.2, 0.25) is 0 Å². The third kappa shape index (κ3) is 6.76. The lowest BCUT2D eigenvalue weighted by Crippen LogP contribution is -2.38. The number of hydrogen-bond acceptors (Lipinski definition) is 3. The monoisotopic (exact) mass is 519 g/mol. The molecule has 30 heavy (non-hydrogen) atoms. The zero-order chi connectivity index (χ0) is 20.5. The van der Waals surface area contributed by atoms with Crippen LogP contribution < -0.4 is 10.1 Å². The molecule has 0 atom stereocenters. The number of aromatic nitrogens is 2. The summed E-state index contributed by atoms with van der Waals surface area (Å²) in [6.45, 7) is 4.96. The van der Waals surface area contributed by atoms with Crippen molar-refractivity contribution in [1.29, 1.82) is 0 Å². The molecule has 6 nitrogen and oxygen atoms in total. The van der Waals surface area contributed by atoms with Gasteiger partial charge in [-0.15, -0.1) is 24.0 Å².